The van der Waals surface area contributed by atoms with E-state index in [9.17, 15) is 14.4 Å². The number of hydrogen-bond acceptors (Lipinski definition) is 6. The second kappa shape index (κ2) is 8.24. The van der Waals surface area contributed by atoms with Gasteiger partial charge >= 0.3 is 6.03 Å². The molecule has 0 saturated carbocycles. The SMILES string of the molecule is Cc1ccccc1C1(C)NC(=O)N(CC(=O)N2N=C(c3cccs3)CC2c2cccs2)C1=O. The third-order valence-corrected chi connectivity index (χ3v) is 7.99. The monoisotopic (exact) mass is 478 g/mol. The maximum atomic E-state index is 13.4. The quantitative estimate of drug-likeness (QED) is 0.556. The van der Waals surface area contributed by atoms with Gasteiger partial charge in [0.25, 0.3) is 11.8 Å². The molecule has 1 aromatic carbocycles. The van der Waals surface area contributed by atoms with Crippen molar-refractivity contribution in [3.8, 4) is 0 Å². The molecular weight excluding hydrogens is 456 g/mol. The first-order chi connectivity index (χ1) is 15.9. The molecule has 2 aliphatic rings. The van der Waals surface area contributed by atoms with E-state index < -0.39 is 23.4 Å². The van der Waals surface area contributed by atoms with E-state index in [1.807, 2.05) is 66.2 Å². The molecule has 2 unspecified atom stereocenters. The van der Waals surface area contributed by atoms with Crippen molar-refractivity contribution in [2.75, 3.05) is 6.54 Å². The van der Waals surface area contributed by atoms with Crippen LogP contribution < -0.4 is 5.32 Å². The van der Waals surface area contributed by atoms with Crippen molar-refractivity contribution in [2.24, 2.45) is 5.10 Å². The van der Waals surface area contributed by atoms with Crippen molar-refractivity contribution in [2.45, 2.75) is 31.8 Å². The van der Waals surface area contributed by atoms with E-state index in [4.69, 9.17) is 0 Å². The molecule has 3 aromatic rings. The van der Waals surface area contributed by atoms with Crippen LogP contribution in [-0.4, -0.2) is 40.0 Å². The topological polar surface area (TPSA) is 82.1 Å². The molecule has 0 bridgehead atoms. The fourth-order valence-corrected chi connectivity index (χ4v) is 5.93. The van der Waals surface area contributed by atoms with Crippen LogP contribution in [0.15, 0.2) is 64.4 Å². The number of benzene rings is 1. The summed E-state index contributed by atoms with van der Waals surface area (Å²) in [5.74, 6) is -0.832. The van der Waals surface area contributed by atoms with Crippen molar-refractivity contribution in [3.05, 3.63) is 80.2 Å². The van der Waals surface area contributed by atoms with Gasteiger partial charge < -0.3 is 5.32 Å². The van der Waals surface area contributed by atoms with E-state index in [1.54, 1.807) is 29.6 Å². The number of hydrazone groups is 1. The highest BCUT2D eigenvalue weighted by Gasteiger charge is 2.50. The van der Waals surface area contributed by atoms with E-state index in [-0.39, 0.29) is 12.6 Å². The van der Waals surface area contributed by atoms with Crippen LogP contribution >= 0.6 is 22.7 Å². The van der Waals surface area contributed by atoms with Gasteiger partial charge in [-0.15, -0.1) is 22.7 Å². The number of carbonyl (C=O) groups is 3. The summed E-state index contributed by atoms with van der Waals surface area (Å²) in [5, 5.41) is 12.8. The van der Waals surface area contributed by atoms with Crippen LogP contribution in [0.4, 0.5) is 4.79 Å². The number of aryl methyl sites for hydroxylation is 1. The lowest BCUT2D eigenvalue weighted by Gasteiger charge is -2.25. The summed E-state index contributed by atoms with van der Waals surface area (Å²) in [4.78, 5) is 42.5. The minimum Gasteiger partial charge on any atom is -0.319 e. The Balaban J connectivity index is 1.41. The first-order valence-corrected chi connectivity index (χ1v) is 12.3. The molecule has 9 heteroatoms. The highest BCUT2D eigenvalue weighted by molar-refractivity contribution is 7.12. The van der Waals surface area contributed by atoms with Crippen LogP contribution in [0, 0.1) is 6.92 Å². The van der Waals surface area contributed by atoms with Crippen LogP contribution in [-0.2, 0) is 15.1 Å². The van der Waals surface area contributed by atoms with Crippen LogP contribution in [0.25, 0.3) is 0 Å². The molecule has 1 fully saturated rings. The van der Waals surface area contributed by atoms with Crippen molar-refractivity contribution >= 4 is 46.2 Å². The van der Waals surface area contributed by atoms with Gasteiger partial charge in [0.2, 0.25) is 0 Å². The predicted octanol–water partition coefficient (Wildman–Crippen LogP) is 4.26. The Bertz CT molecular complexity index is 1250. The van der Waals surface area contributed by atoms with Gasteiger partial charge in [-0.05, 0) is 47.9 Å². The Morgan fingerprint density at radius 3 is 2.58 bits per heavy atom. The summed E-state index contributed by atoms with van der Waals surface area (Å²) in [6.07, 6.45) is 0.591. The largest absolute Gasteiger partial charge is 0.325 e. The van der Waals surface area contributed by atoms with E-state index in [1.165, 1.54) is 5.01 Å². The van der Waals surface area contributed by atoms with Crippen LogP contribution in [0.2, 0.25) is 0 Å². The predicted molar refractivity (Wildman–Crippen MR) is 128 cm³/mol. The Morgan fingerprint density at radius 1 is 1.12 bits per heavy atom. The molecule has 2 aliphatic heterocycles. The zero-order valence-corrected chi connectivity index (χ0v) is 19.8. The fraction of sp³-hybridized carbons (Fsp3) is 0.250. The molecule has 7 nitrogen and oxygen atoms in total. The summed E-state index contributed by atoms with van der Waals surface area (Å²) < 4.78 is 0. The van der Waals surface area contributed by atoms with Gasteiger partial charge in [0.1, 0.15) is 12.1 Å². The Labute approximate surface area is 199 Å². The number of amides is 4. The van der Waals surface area contributed by atoms with E-state index in [2.05, 4.69) is 10.4 Å². The zero-order chi connectivity index (χ0) is 23.2. The van der Waals surface area contributed by atoms with Crippen molar-refractivity contribution in [1.29, 1.82) is 0 Å². The van der Waals surface area contributed by atoms with Crippen LogP contribution in [0.5, 0.6) is 0 Å². The molecule has 1 saturated heterocycles. The summed E-state index contributed by atoms with van der Waals surface area (Å²) >= 11 is 3.13. The number of thiophene rings is 2. The average molecular weight is 479 g/mol. The normalized spacial score (nSPS) is 22.6. The number of hydrogen-bond donors (Lipinski definition) is 1. The summed E-state index contributed by atoms with van der Waals surface area (Å²) in [7, 11) is 0. The number of nitrogens with one attached hydrogen (secondary N) is 1. The van der Waals surface area contributed by atoms with Crippen molar-refractivity contribution in [1.82, 2.24) is 15.2 Å². The van der Waals surface area contributed by atoms with Crippen LogP contribution in [0.1, 0.15) is 40.3 Å². The molecule has 33 heavy (non-hydrogen) atoms. The summed E-state index contributed by atoms with van der Waals surface area (Å²) in [5.41, 5.74) is 1.23. The molecule has 2 aromatic heterocycles. The number of nitrogens with zero attached hydrogens (tertiary/aromatic N) is 3. The second-order valence-electron chi connectivity index (χ2n) is 8.26. The number of rotatable bonds is 5. The molecule has 0 radical (unpaired) electrons. The highest BCUT2D eigenvalue weighted by Crippen LogP contribution is 2.37. The molecule has 168 valence electrons. The first kappa shape index (κ1) is 21.5. The smallest absolute Gasteiger partial charge is 0.319 e. The third kappa shape index (κ3) is 3.67. The molecule has 4 amide bonds. The number of carbonyl (C=O) groups excluding carboxylic acids is 3. The molecule has 1 N–H and O–H groups in total. The first-order valence-electron chi connectivity index (χ1n) is 10.6. The molecule has 0 spiro atoms. The highest BCUT2D eigenvalue weighted by atomic mass is 32.1. The van der Waals surface area contributed by atoms with Gasteiger partial charge in [0.05, 0.1) is 16.6 Å². The minimum absolute atomic E-state index is 0.252. The van der Waals surface area contributed by atoms with Gasteiger partial charge in [-0.2, -0.15) is 5.10 Å². The second-order valence-corrected chi connectivity index (χ2v) is 10.2. The summed E-state index contributed by atoms with van der Waals surface area (Å²) in [6.45, 7) is 3.21. The van der Waals surface area contributed by atoms with Crippen LogP contribution in [0.3, 0.4) is 0 Å². The summed E-state index contributed by atoms with van der Waals surface area (Å²) in [6, 6.07) is 14.5. The zero-order valence-electron chi connectivity index (χ0n) is 18.1. The van der Waals surface area contributed by atoms with E-state index in [0.29, 0.717) is 12.0 Å². The van der Waals surface area contributed by atoms with E-state index >= 15 is 0 Å². The Hall–Kier alpha value is -3.30. The van der Waals surface area contributed by atoms with Gasteiger partial charge in [-0.25, -0.2) is 9.80 Å². The number of imide groups is 1. The van der Waals surface area contributed by atoms with Gasteiger partial charge in [0.15, 0.2) is 0 Å². The molecule has 2 atom stereocenters. The molecule has 4 heterocycles. The fourth-order valence-electron chi connectivity index (χ4n) is 4.40. The van der Waals surface area contributed by atoms with Gasteiger partial charge in [-0.1, -0.05) is 36.4 Å². The lowest BCUT2D eigenvalue weighted by Crippen LogP contribution is -2.43. The van der Waals surface area contributed by atoms with Gasteiger partial charge in [-0.3, -0.25) is 14.5 Å². The van der Waals surface area contributed by atoms with E-state index in [0.717, 1.165) is 25.9 Å². The lowest BCUT2D eigenvalue weighted by molar-refractivity contribution is -0.139. The Morgan fingerprint density at radius 2 is 1.88 bits per heavy atom. The minimum atomic E-state index is -1.22. The maximum absolute atomic E-state index is 13.4. The number of urea groups is 1. The molecule has 0 aliphatic carbocycles. The molecular formula is C24H22N4O3S2. The van der Waals surface area contributed by atoms with Crippen molar-refractivity contribution in [3.63, 3.8) is 0 Å². The van der Waals surface area contributed by atoms with Crippen molar-refractivity contribution < 1.29 is 14.4 Å². The third-order valence-electron chi connectivity index (χ3n) is 6.10. The van der Waals surface area contributed by atoms with Gasteiger partial charge in [0, 0.05) is 11.3 Å². The Kier molecular flexibility index (Phi) is 5.38. The average Bonchev–Trinajstić information content (AvgIpc) is 3.58. The molecule has 5 rings (SSSR count). The standard InChI is InChI=1S/C24H22N4O3S2/c1-15-7-3-4-8-16(15)24(2)22(30)27(23(31)25-24)14-21(29)28-18(20-10-6-12-33-20)13-17(26-28)19-9-5-11-32-19/h3-12,18H,13-14H2,1-2H3,(H,25,31). The maximum Gasteiger partial charge on any atom is 0.325 e. The lowest BCUT2D eigenvalue weighted by atomic mass is 9.88.